The quantitative estimate of drug-likeness (QED) is 0.852. The van der Waals surface area contributed by atoms with Gasteiger partial charge in [-0.15, -0.1) is 0 Å². The minimum atomic E-state index is -4.53. The van der Waals surface area contributed by atoms with Gasteiger partial charge in [-0.25, -0.2) is 9.97 Å². The minimum Gasteiger partial charge on any atom is -0.359 e. The largest absolute Gasteiger partial charge is 0.433 e. The van der Waals surface area contributed by atoms with Gasteiger partial charge in [-0.05, 0) is 18.6 Å². The van der Waals surface area contributed by atoms with E-state index in [1.807, 2.05) is 16.8 Å². The molecule has 2 aromatic heterocycles. The highest BCUT2D eigenvalue weighted by Crippen LogP contribution is 2.30. The van der Waals surface area contributed by atoms with Crippen molar-refractivity contribution in [3.8, 4) is 6.07 Å². The van der Waals surface area contributed by atoms with Gasteiger partial charge < -0.3 is 9.47 Å². The first-order chi connectivity index (χ1) is 10.4. The van der Waals surface area contributed by atoms with E-state index in [4.69, 9.17) is 5.26 Å². The number of halogens is 3. The average Bonchev–Trinajstić information content (AvgIpc) is 2.98. The molecule has 0 atom stereocenters. The molecule has 0 aliphatic carbocycles. The third-order valence-electron chi connectivity index (χ3n) is 3.12. The number of alkyl halides is 3. The first kappa shape index (κ1) is 15.8. The summed E-state index contributed by atoms with van der Waals surface area (Å²) in [5, 5.41) is 9.03. The van der Waals surface area contributed by atoms with Crippen molar-refractivity contribution in [3.63, 3.8) is 0 Å². The number of aryl methyl sites for hydroxylation is 1. The van der Waals surface area contributed by atoms with Crippen molar-refractivity contribution in [1.82, 2.24) is 14.5 Å². The number of nitriles is 1. The molecule has 0 radical (unpaired) electrons. The number of rotatable bonds is 5. The number of aromatic nitrogens is 3. The van der Waals surface area contributed by atoms with Gasteiger partial charge >= 0.3 is 6.18 Å². The highest BCUT2D eigenvalue weighted by molar-refractivity contribution is 5.54. The topological polar surface area (TPSA) is 57.7 Å². The predicted octanol–water partition coefficient (Wildman–Crippen LogP) is 2.70. The molecule has 0 aromatic carbocycles. The average molecular weight is 309 g/mol. The Kier molecular flexibility index (Phi) is 4.65. The van der Waals surface area contributed by atoms with Gasteiger partial charge in [0, 0.05) is 32.5 Å². The van der Waals surface area contributed by atoms with E-state index < -0.39 is 11.9 Å². The van der Waals surface area contributed by atoms with E-state index in [0.717, 1.165) is 12.1 Å². The van der Waals surface area contributed by atoms with Crippen molar-refractivity contribution < 1.29 is 13.2 Å². The van der Waals surface area contributed by atoms with E-state index in [1.54, 1.807) is 24.5 Å². The zero-order chi connectivity index (χ0) is 16.2. The molecule has 0 aliphatic rings. The lowest BCUT2D eigenvalue weighted by Gasteiger charge is -2.20. The Morgan fingerprint density at radius 3 is 2.73 bits per heavy atom. The summed E-state index contributed by atoms with van der Waals surface area (Å²) in [4.78, 5) is 9.06. The number of anilines is 1. The second-order valence-corrected chi connectivity index (χ2v) is 4.75. The van der Waals surface area contributed by atoms with Gasteiger partial charge in [-0.3, -0.25) is 0 Å². The summed E-state index contributed by atoms with van der Waals surface area (Å²) in [5.41, 5.74) is -0.874. The summed E-state index contributed by atoms with van der Waals surface area (Å²) in [7, 11) is 1.62. The maximum atomic E-state index is 12.7. The Labute approximate surface area is 125 Å². The number of hydrogen-bond donors (Lipinski definition) is 0. The number of hydrogen-bond acceptors (Lipinski definition) is 4. The number of imidazole rings is 1. The molecular weight excluding hydrogens is 295 g/mol. The van der Waals surface area contributed by atoms with E-state index in [1.165, 1.54) is 0 Å². The lowest BCUT2D eigenvalue weighted by atomic mass is 10.2. The van der Waals surface area contributed by atoms with Gasteiger partial charge in [0.15, 0.2) is 0 Å². The zero-order valence-electron chi connectivity index (χ0n) is 11.9. The summed E-state index contributed by atoms with van der Waals surface area (Å²) in [6.45, 7) is 1.16. The van der Waals surface area contributed by atoms with Gasteiger partial charge in [0.05, 0.1) is 11.9 Å². The molecule has 0 saturated heterocycles. The molecule has 8 heteroatoms. The van der Waals surface area contributed by atoms with Gasteiger partial charge in [-0.2, -0.15) is 18.4 Å². The molecule has 0 spiro atoms. The molecule has 2 rings (SSSR count). The third kappa shape index (κ3) is 3.75. The van der Waals surface area contributed by atoms with E-state index in [2.05, 4.69) is 9.97 Å². The van der Waals surface area contributed by atoms with Crippen LogP contribution in [0.3, 0.4) is 0 Å². The van der Waals surface area contributed by atoms with Crippen LogP contribution in [0.5, 0.6) is 0 Å². The fraction of sp³-hybridized carbons (Fsp3) is 0.357. The SMILES string of the molecule is CN(CCCn1ccnc1)c1nc(C(F)(F)F)ccc1C#N. The molecule has 0 bridgehead atoms. The Morgan fingerprint density at radius 1 is 1.36 bits per heavy atom. The van der Waals surface area contributed by atoms with E-state index >= 15 is 0 Å². The van der Waals surface area contributed by atoms with Crippen LogP contribution in [0, 0.1) is 11.3 Å². The fourth-order valence-corrected chi connectivity index (χ4v) is 2.00. The Morgan fingerprint density at radius 2 is 2.14 bits per heavy atom. The normalized spacial score (nSPS) is 11.2. The molecule has 22 heavy (non-hydrogen) atoms. The second kappa shape index (κ2) is 6.47. The van der Waals surface area contributed by atoms with Crippen molar-refractivity contribution in [2.24, 2.45) is 0 Å². The van der Waals surface area contributed by atoms with Crippen molar-refractivity contribution in [2.45, 2.75) is 19.1 Å². The van der Waals surface area contributed by atoms with Crippen LogP contribution in [0.25, 0.3) is 0 Å². The summed E-state index contributed by atoms with van der Waals surface area (Å²) in [6.07, 6.45) is 1.30. The summed E-state index contributed by atoms with van der Waals surface area (Å²) in [6, 6.07) is 3.84. The maximum Gasteiger partial charge on any atom is 0.433 e. The van der Waals surface area contributed by atoms with Crippen LogP contribution < -0.4 is 4.90 Å². The number of pyridine rings is 1. The van der Waals surface area contributed by atoms with E-state index in [-0.39, 0.29) is 11.4 Å². The summed E-state index contributed by atoms with van der Waals surface area (Å²) >= 11 is 0. The van der Waals surface area contributed by atoms with Crippen molar-refractivity contribution in [1.29, 1.82) is 5.26 Å². The van der Waals surface area contributed by atoms with Crippen LogP contribution in [0.1, 0.15) is 17.7 Å². The van der Waals surface area contributed by atoms with Crippen molar-refractivity contribution in [3.05, 3.63) is 42.1 Å². The van der Waals surface area contributed by atoms with Crippen LogP contribution in [-0.2, 0) is 12.7 Å². The summed E-state index contributed by atoms with van der Waals surface area (Å²) < 4.78 is 40.1. The van der Waals surface area contributed by atoms with Crippen LogP contribution >= 0.6 is 0 Å². The molecule has 0 amide bonds. The van der Waals surface area contributed by atoms with Crippen LogP contribution in [0.15, 0.2) is 30.9 Å². The summed E-state index contributed by atoms with van der Waals surface area (Å²) in [5.74, 6) is 0.0444. The molecule has 116 valence electrons. The minimum absolute atomic E-state index is 0.0444. The highest BCUT2D eigenvalue weighted by atomic mass is 19.4. The molecule has 0 aliphatic heterocycles. The van der Waals surface area contributed by atoms with Gasteiger partial charge in [-0.1, -0.05) is 0 Å². The molecule has 2 aromatic rings. The monoisotopic (exact) mass is 309 g/mol. The van der Waals surface area contributed by atoms with Crippen LogP contribution in [0.2, 0.25) is 0 Å². The Balaban J connectivity index is 2.10. The molecule has 0 saturated carbocycles. The van der Waals surface area contributed by atoms with E-state index in [0.29, 0.717) is 19.5 Å². The second-order valence-electron chi connectivity index (χ2n) is 4.75. The Bertz CT molecular complexity index is 658. The molecule has 2 heterocycles. The van der Waals surface area contributed by atoms with Crippen LogP contribution in [0.4, 0.5) is 19.0 Å². The highest BCUT2D eigenvalue weighted by Gasteiger charge is 2.33. The van der Waals surface area contributed by atoms with Crippen molar-refractivity contribution >= 4 is 5.82 Å². The first-order valence-electron chi connectivity index (χ1n) is 6.57. The molecule has 5 nitrogen and oxygen atoms in total. The molecule has 0 unspecified atom stereocenters. The van der Waals surface area contributed by atoms with Crippen LogP contribution in [-0.4, -0.2) is 28.1 Å². The Hall–Kier alpha value is -2.56. The lowest BCUT2D eigenvalue weighted by molar-refractivity contribution is -0.141. The molecular formula is C14H14F3N5. The zero-order valence-corrected chi connectivity index (χ0v) is 11.9. The number of nitrogens with zero attached hydrogens (tertiary/aromatic N) is 5. The molecule has 0 fully saturated rings. The van der Waals surface area contributed by atoms with E-state index in [9.17, 15) is 13.2 Å². The van der Waals surface area contributed by atoms with Gasteiger partial charge in [0.2, 0.25) is 0 Å². The first-order valence-corrected chi connectivity index (χ1v) is 6.57. The smallest absolute Gasteiger partial charge is 0.359 e. The maximum absolute atomic E-state index is 12.7. The predicted molar refractivity (Wildman–Crippen MR) is 74.1 cm³/mol. The third-order valence-corrected chi connectivity index (χ3v) is 3.12. The fourth-order valence-electron chi connectivity index (χ4n) is 2.00. The lowest BCUT2D eigenvalue weighted by Crippen LogP contribution is -2.23. The molecule has 0 N–H and O–H groups in total. The van der Waals surface area contributed by atoms with Gasteiger partial charge in [0.25, 0.3) is 0 Å². The van der Waals surface area contributed by atoms with Gasteiger partial charge in [0.1, 0.15) is 17.6 Å². The standard InChI is InChI=1S/C14H14F3N5/c1-21(6-2-7-22-8-5-19-10-22)13-11(9-18)3-4-12(20-13)14(15,16)17/h3-5,8,10H,2,6-7H2,1H3. The van der Waals surface area contributed by atoms with Crippen molar-refractivity contribution in [2.75, 3.05) is 18.5 Å².